The Morgan fingerprint density at radius 1 is 1.37 bits per heavy atom. The molecule has 1 heterocycles. The van der Waals surface area contributed by atoms with Gasteiger partial charge in [-0.05, 0) is 23.3 Å². The summed E-state index contributed by atoms with van der Waals surface area (Å²) >= 11 is 1.20. The number of hydrogen-bond donors (Lipinski definition) is 2. The lowest BCUT2D eigenvalue weighted by Gasteiger charge is -2.21. The van der Waals surface area contributed by atoms with Crippen molar-refractivity contribution in [3.8, 4) is 0 Å². The summed E-state index contributed by atoms with van der Waals surface area (Å²) in [6.45, 7) is 0. The van der Waals surface area contributed by atoms with Crippen LogP contribution in [-0.2, 0) is 4.79 Å². The van der Waals surface area contributed by atoms with Crippen LogP contribution in [0.5, 0.6) is 0 Å². The van der Waals surface area contributed by atoms with Gasteiger partial charge in [-0.1, -0.05) is 31.0 Å². The van der Waals surface area contributed by atoms with Crippen molar-refractivity contribution in [2.24, 2.45) is 5.73 Å². The number of thioether (sulfide) groups is 1. The van der Waals surface area contributed by atoms with Gasteiger partial charge in [0.15, 0.2) is 0 Å². The van der Waals surface area contributed by atoms with E-state index in [0.717, 1.165) is 12.8 Å². The molecule has 19 heavy (non-hydrogen) atoms. The van der Waals surface area contributed by atoms with Crippen LogP contribution in [0.4, 0.5) is 4.79 Å². The Hall–Kier alpha value is -1.64. The van der Waals surface area contributed by atoms with Gasteiger partial charge in [-0.3, -0.25) is 10.1 Å². The lowest BCUT2D eigenvalue weighted by atomic mass is 9.96. The van der Waals surface area contributed by atoms with Gasteiger partial charge in [-0.25, -0.2) is 9.48 Å². The predicted octanol–water partition coefficient (Wildman–Crippen LogP) is 0.465. The van der Waals surface area contributed by atoms with Crippen LogP contribution < -0.4 is 11.1 Å². The summed E-state index contributed by atoms with van der Waals surface area (Å²) in [7, 11) is 0. The van der Waals surface area contributed by atoms with Gasteiger partial charge in [0.1, 0.15) is 0 Å². The Labute approximate surface area is 114 Å². The lowest BCUT2D eigenvalue weighted by Crippen LogP contribution is -2.36. The highest BCUT2D eigenvalue weighted by molar-refractivity contribution is 7.99. The number of imide groups is 1. The second-order valence-corrected chi connectivity index (χ2v) is 5.34. The van der Waals surface area contributed by atoms with E-state index in [1.807, 2.05) is 5.32 Å². The van der Waals surface area contributed by atoms with Crippen molar-refractivity contribution < 1.29 is 9.59 Å². The molecule has 3 amide bonds. The summed E-state index contributed by atoms with van der Waals surface area (Å²) in [5.41, 5.74) is 4.86. The van der Waals surface area contributed by atoms with Crippen LogP contribution in [0.2, 0.25) is 0 Å². The second-order valence-electron chi connectivity index (χ2n) is 4.40. The molecule has 0 radical (unpaired) electrons. The maximum absolute atomic E-state index is 11.3. The number of tetrazole rings is 1. The molecule has 0 saturated heterocycles. The normalized spacial score (nSPS) is 16.2. The fourth-order valence-electron chi connectivity index (χ4n) is 2.14. The first-order chi connectivity index (χ1) is 9.16. The average molecular weight is 284 g/mol. The molecular weight excluding hydrogens is 268 g/mol. The first kappa shape index (κ1) is 13.8. The zero-order valence-electron chi connectivity index (χ0n) is 10.4. The third kappa shape index (κ3) is 3.91. The Morgan fingerprint density at radius 3 is 2.79 bits per heavy atom. The first-order valence-electron chi connectivity index (χ1n) is 6.17. The molecule has 104 valence electrons. The molecule has 1 saturated carbocycles. The van der Waals surface area contributed by atoms with Crippen LogP contribution >= 0.6 is 11.8 Å². The molecule has 0 aromatic carbocycles. The van der Waals surface area contributed by atoms with Crippen molar-refractivity contribution in [2.75, 3.05) is 5.75 Å². The fraction of sp³-hybridized carbons (Fsp3) is 0.700. The van der Waals surface area contributed by atoms with Gasteiger partial charge >= 0.3 is 6.03 Å². The molecule has 1 aliphatic carbocycles. The standard InChI is InChI=1S/C10H16N6O2S/c11-9(18)12-8(17)6-19-10-13-14-15-16(10)7-4-2-1-3-5-7/h7H,1-6H2,(H3,11,12,17,18). The summed E-state index contributed by atoms with van der Waals surface area (Å²) in [5.74, 6) is -0.383. The minimum absolute atomic E-state index is 0.0655. The first-order valence-corrected chi connectivity index (χ1v) is 7.15. The summed E-state index contributed by atoms with van der Waals surface area (Å²) in [4.78, 5) is 21.8. The Bertz CT molecular complexity index is 457. The summed E-state index contributed by atoms with van der Waals surface area (Å²) in [6.07, 6.45) is 5.73. The molecule has 1 aromatic heterocycles. The van der Waals surface area contributed by atoms with Gasteiger partial charge in [-0.2, -0.15) is 0 Å². The lowest BCUT2D eigenvalue weighted by molar-refractivity contribution is -0.117. The number of nitrogens with zero attached hydrogens (tertiary/aromatic N) is 4. The highest BCUT2D eigenvalue weighted by Gasteiger charge is 2.20. The second kappa shape index (κ2) is 6.50. The average Bonchev–Trinajstić information content (AvgIpc) is 2.85. The molecule has 0 bridgehead atoms. The van der Waals surface area contributed by atoms with E-state index in [4.69, 9.17) is 5.73 Å². The van der Waals surface area contributed by atoms with E-state index in [2.05, 4.69) is 15.5 Å². The van der Waals surface area contributed by atoms with Crippen molar-refractivity contribution >= 4 is 23.7 Å². The van der Waals surface area contributed by atoms with Gasteiger partial charge in [0, 0.05) is 0 Å². The van der Waals surface area contributed by atoms with Gasteiger partial charge in [0.2, 0.25) is 11.1 Å². The number of rotatable bonds is 4. The molecule has 1 aliphatic rings. The van der Waals surface area contributed by atoms with Crippen molar-refractivity contribution in [3.05, 3.63) is 0 Å². The van der Waals surface area contributed by atoms with E-state index < -0.39 is 11.9 Å². The summed E-state index contributed by atoms with van der Waals surface area (Å²) in [6, 6.07) is -0.539. The fourth-order valence-corrected chi connectivity index (χ4v) is 2.88. The zero-order chi connectivity index (χ0) is 13.7. The van der Waals surface area contributed by atoms with E-state index >= 15 is 0 Å². The molecule has 2 rings (SSSR count). The van der Waals surface area contributed by atoms with E-state index in [1.54, 1.807) is 4.68 Å². The van der Waals surface area contributed by atoms with Crippen LogP contribution in [0.3, 0.4) is 0 Å². The highest BCUT2D eigenvalue weighted by Crippen LogP contribution is 2.29. The Morgan fingerprint density at radius 2 is 2.11 bits per heavy atom. The maximum Gasteiger partial charge on any atom is 0.318 e. The molecule has 0 atom stereocenters. The predicted molar refractivity (Wildman–Crippen MR) is 68.4 cm³/mol. The number of carbonyl (C=O) groups excluding carboxylic acids is 2. The minimum atomic E-state index is -0.850. The maximum atomic E-state index is 11.3. The molecule has 0 spiro atoms. The molecule has 0 unspecified atom stereocenters. The number of carbonyl (C=O) groups is 2. The SMILES string of the molecule is NC(=O)NC(=O)CSc1nnnn1C1CCCCC1. The topological polar surface area (TPSA) is 116 Å². The number of primary amides is 1. The Kier molecular flexibility index (Phi) is 4.72. The third-order valence-corrected chi connectivity index (χ3v) is 3.91. The quantitative estimate of drug-likeness (QED) is 0.776. The summed E-state index contributed by atoms with van der Waals surface area (Å²) < 4.78 is 1.78. The number of amides is 3. The molecule has 0 aliphatic heterocycles. The van der Waals surface area contributed by atoms with Gasteiger partial charge < -0.3 is 5.73 Å². The van der Waals surface area contributed by atoms with Crippen LogP contribution in [-0.4, -0.2) is 37.9 Å². The molecule has 1 aromatic rings. The van der Waals surface area contributed by atoms with Crippen LogP contribution in [0.15, 0.2) is 5.16 Å². The van der Waals surface area contributed by atoms with Crippen LogP contribution in [0, 0.1) is 0 Å². The number of urea groups is 1. The summed E-state index contributed by atoms with van der Waals surface area (Å²) in [5, 5.41) is 14.2. The molecule has 9 heteroatoms. The van der Waals surface area contributed by atoms with E-state index in [-0.39, 0.29) is 5.75 Å². The zero-order valence-corrected chi connectivity index (χ0v) is 11.2. The van der Waals surface area contributed by atoms with Gasteiger partial charge in [-0.15, -0.1) is 5.10 Å². The van der Waals surface area contributed by atoms with E-state index in [9.17, 15) is 9.59 Å². The van der Waals surface area contributed by atoms with Crippen LogP contribution in [0.1, 0.15) is 38.1 Å². The van der Waals surface area contributed by atoms with Crippen LogP contribution in [0.25, 0.3) is 0 Å². The smallest absolute Gasteiger partial charge is 0.318 e. The highest BCUT2D eigenvalue weighted by atomic mass is 32.2. The Balaban J connectivity index is 1.92. The minimum Gasteiger partial charge on any atom is -0.351 e. The van der Waals surface area contributed by atoms with Gasteiger partial charge in [0.05, 0.1) is 11.8 Å². The largest absolute Gasteiger partial charge is 0.351 e. The van der Waals surface area contributed by atoms with Crippen molar-refractivity contribution in [1.82, 2.24) is 25.5 Å². The number of nitrogens with one attached hydrogen (secondary N) is 1. The monoisotopic (exact) mass is 284 g/mol. The number of aromatic nitrogens is 4. The molecule has 1 fully saturated rings. The van der Waals surface area contributed by atoms with Crippen molar-refractivity contribution in [1.29, 1.82) is 0 Å². The van der Waals surface area contributed by atoms with E-state index in [1.165, 1.54) is 31.0 Å². The van der Waals surface area contributed by atoms with Crippen molar-refractivity contribution in [3.63, 3.8) is 0 Å². The van der Waals surface area contributed by atoms with Gasteiger partial charge in [0.25, 0.3) is 0 Å². The number of nitrogens with two attached hydrogens (primary N) is 1. The number of hydrogen-bond acceptors (Lipinski definition) is 6. The molecular formula is C10H16N6O2S. The third-order valence-electron chi connectivity index (χ3n) is 2.98. The van der Waals surface area contributed by atoms with Crippen molar-refractivity contribution in [2.45, 2.75) is 43.3 Å². The van der Waals surface area contributed by atoms with E-state index in [0.29, 0.717) is 11.2 Å². The molecule has 8 nitrogen and oxygen atoms in total. The molecule has 3 N–H and O–H groups in total.